The monoisotopic (exact) mass is 550 g/mol. The number of nitrogens with zero attached hydrogens (tertiary/aromatic N) is 1. The maximum atomic E-state index is 13.2. The third-order valence-corrected chi connectivity index (χ3v) is 6.40. The molecular weight excluding hydrogens is 533 g/mol. The van der Waals surface area contributed by atoms with E-state index in [4.69, 9.17) is 16.3 Å². The molecule has 0 aliphatic carbocycles. The summed E-state index contributed by atoms with van der Waals surface area (Å²) >= 11 is 6.02. The van der Waals surface area contributed by atoms with Crippen LogP contribution in [0.4, 0.5) is 23.7 Å². The number of fused-ring (bicyclic) bond motifs is 1. The average molecular weight is 551 g/mol. The van der Waals surface area contributed by atoms with Gasteiger partial charge in [0.15, 0.2) is 0 Å². The molecule has 0 radical (unpaired) electrons. The summed E-state index contributed by atoms with van der Waals surface area (Å²) in [4.78, 5) is 38.4. The van der Waals surface area contributed by atoms with Crippen LogP contribution in [0.15, 0.2) is 90.5 Å². The predicted octanol–water partition coefficient (Wildman–Crippen LogP) is 6.76. The lowest BCUT2D eigenvalue weighted by Gasteiger charge is -2.27. The maximum absolute atomic E-state index is 13.2. The number of imide groups is 2. The minimum atomic E-state index is -4.74. The van der Waals surface area contributed by atoms with E-state index < -0.39 is 40.8 Å². The molecule has 39 heavy (non-hydrogen) atoms. The Morgan fingerprint density at radius 2 is 1.62 bits per heavy atom. The smallest absolute Gasteiger partial charge is 0.416 e. The van der Waals surface area contributed by atoms with Crippen molar-refractivity contribution >= 4 is 52.0 Å². The summed E-state index contributed by atoms with van der Waals surface area (Å²) in [7, 11) is 0. The Balaban J connectivity index is 1.37. The van der Waals surface area contributed by atoms with E-state index in [0.717, 1.165) is 28.5 Å². The molecule has 1 saturated heterocycles. The van der Waals surface area contributed by atoms with E-state index in [9.17, 15) is 27.6 Å². The van der Waals surface area contributed by atoms with Gasteiger partial charge in [0.25, 0.3) is 11.8 Å². The lowest BCUT2D eigenvalue weighted by molar-refractivity contribution is -0.137. The van der Waals surface area contributed by atoms with Gasteiger partial charge in [-0.3, -0.25) is 14.9 Å². The second-order valence-corrected chi connectivity index (χ2v) is 9.02. The number of barbiturate groups is 1. The molecule has 0 saturated carbocycles. The summed E-state index contributed by atoms with van der Waals surface area (Å²) in [6.07, 6.45) is -3.51. The third kappa shape index (κ3) is 5.35. The van der Waals surface area contributed by atoms with Crippen molar-refractivity contribution in [3.8, 4) is 5.75 Å². The molecule has 10 heteroatoms. The number of benzene rings is 4. The fraction of sp³-hybridized carbons (Fsp3) is 0.0690. The first-order valence-electron chi connectivity index (χ1n) is 11.6. The Labute approximate surface area is 225 Å². The number of carbonyl (C=O) groups excluding carboxylic acids is 3. The molecule has 196 valence electrons. The number of nitrogens with one attached hydrogen (secondary N) is 1. The van der Waals surface area contributed by atoms with E-state index in [-0.39, 0.29) is 5.02 Å². The summed E-state index contributed by atoms with van der Waals surface area (Å²) in [5, 5.41) is 3.87. The first-order valence-corrected chi connectivity index (χ1v) is 12.0. The van der Waals surface area contributed by atoms with Crippen molar-refractivity contribution < 1.29 is 32.3 Å². The second kappa shape index (κ2) is 10.3. The molecule has 4 amide bonds. The third-order valence-electron chi connectivity index (χ3n) is 6.08. The van der Waals surface area contributed by atoms with Gasteiger partial charge in [0.1, 0.15) is 17.9 Å². The van der Waals surface area contributed by atoms with Crippen LogP contribution >= 0.6 is 11.6 Å². The molecule has 5 rings (SSSR count). The second-order valence-electron chi connectivity index (χ2n) is 8.62. The number of ether oxygens (including phenoxy) is 1. The van der Waals surface area contributed by atoms with E-state index in [1.54, 1.807) is 24.3 Å². The molecule has 4 aromatic rings. The molecule has 1 N–H and O–H groups in total. The van der Waals surface area contributed by atoms with Gasteiger partial charge in [-0.05, 0) is 58.3 Å². The molecule has 6 nitrogen and oxygen atoms in total. The zero-order valence-corrected chi connectivity index (χ0v) is 20.7. The van der Waals surface area contributed by atoms with E-state index in [0.29, 0.717) is 28.9 Å². The van der Waals surface area contributed by atoms with Crippen LogP contribution in [-0.2, 0) is 22.4 Å². The summed E-state index contributed by atoms with van der Waals surface area (Å²) < 4.78 is 45.6. The van der Waals surface area contributed by atoms with Crippen molar-refractivity contribution in [2.45, 2.75) is 12.8 Å². The molecule has 0 atom stereocenters. The van der Waals surface area contributed by atoms with Gasteiger partial charge >= 0.3 is 12.2 Å². The lowest BCUT2D eigenvalue weighted by atomic mass is 10.1. The topological polar surface area (TPSA) is 75.7 Å². The van der Waals surface area contributed by atoms with Gasteiger partial charge < -0.3 is 4.74 Å². The number of rotatable bonds is 5. The quantitative estimate of drug-likeness (QED) is 0.220. The van der Waals surface area contributed by atoms with Crippen LogP contribution in [0.2, 0.25) is 5.02 Å². The molecular formula is C29H18ClF3N2O4. The Morgan fingerprint density at radius 3 is 2.36 bits per heavy atom. The highest BCUT2D eigenvalue weighted by Gasteiger charge is 2.39. The van der Waals surface area contributed by atoms with Gasteiger partial charge in [-0.2, -0.15) is 13.2 Å². The molecule has 1 aliphatic heterocycles. The predicted molar refractivity (Wildman–Crippen MR) is 140 cm³/mol. The first kappa shape index (κ1) is 26.0. The molecule has 0 unspecified atom stereocenters. The highest BCUT2D eigenvalue weighted by molar-refractivity contribution is 6.42. The molecule has 1 heterocycles. The van der Waals surface area contributed by atoms with Gasteiger partial charge in [0.2, 0.25) is 0 Å². The maximum Gasteiger partial charge on any atom is 0.416 e. The molecule has 0 aromatic heterocycles. The minimum absolute atomic E-state index is 0.270. The van der Waals surface area contributed by atoms with Crippen molar-refractivity contribution in [1.82, 2.24) is 5.32 Å². The summed E-state index contributed by atoms with van der Waals surface area (Å²) in [6.45, 7) is 0.317. The highest BCUT2D eigenvalue weighted by Crippen LogP contribution is 2.36. The minimum Gasteiger partial charge on any atom is -0.489 e. The SMILES string of the molecule is O=C1NC(=O)N(c2cc(C(F)(F)F)ccc2Cl)C(=O)/C1=C\c1ccc(OCc2cccc3ccccc23)cc1. The number of urea groups is 1. The van der Waals surface area contributed by atoms with Gasteiger partial charge in [-0.25, -0.2) is 9.69 Å². The van der Waals surface area contributed by atoms with Gasteiger partial charge in [0, 0.05) is 0 Å². The van der Waals surface area contributed by atoms with E-state index in [2.05, 4.69) is 0 Å². The van der Waals surface area contributed by atoms with Crippen LogP contribution in [-0.4, -0.2) is 17.8 Å². The van der Waals surface area contributed by atoms with Crippen LogP contribution in [0.3, 0.4) is 0 Å². The average Bonchev–Trinajstić information content (AvgIpc) is 2.91. The van der Waals surface area contributed by atoms with Gasteiger partial charge in [0.05, 0.1) is 16.3 Å². The largest absolute Gasteiger partial charge is 0.489 e. The number of amides is 4. The Bertz CT molecular complexity index is 1640. The lowest BCUT2D eigenvalue weighted by Crippen LogP contribution is -2.54. The zero-order valence-electron chi connectivity index (χ0n) is 20.0. The van der Waals surface area contributed by atoms with Crippen molar-refractivity contribution in [1.29, 1.82) is 0 Å². The first-order chi connectivity index (χ1) is 18.6. The van der Waals surface area contributed by atoms with Crippen LogP contribution in [0.25, 0.3) is 16.8 Å². The van der Waals surface area contributed by atoms with E-state index in [1.165, 1.54) is 6.08 Å². The molecule has 1 aliphatic rings. The van der Waals surface area contributed by atoms with E-state index in [1.807, 2.05) is 47.8 Å². The number of halogens is 4. The Morgan fingerprint density at radius 1 is 0.897 bits per heavy atom. The van der Waals surface area contributed by atoms with Crippen LogP contribution in [0.1, 0.15) is 16.7 Å². The number of hydrogen-bond donors (Lipinski definition) is 1. The number of anilines is 1. The number of hydrogen-bond acceptors (Lipinski definition) is 4. The zero-order chi connectivity index (χ0) is 27.7. The number of carbonyl (C=O) groups is 3. The molecule has 0 spiro atoms. The van der Waals surface area contributed by atoms with Crippen LogP contribution in [0.5, 0.6) is 5.75 Å². The fourth-order valence-electron chi connectivity index (χ4n) is 4.14. The molecule has 4 aromatic carbocycles. The van der Waals surface area contributed by atoms with Crippen LogP contribution < -0.4 is 15.0 Å². The number of alkyl halides is 3. The van der Waals surface area contributed by atoms with Crippen molar-refractivity contribution in [3.05, 3.63) is 112 Å². The standard InChI is InChI=1S/C29H18ClF3N2O4/c30-24-13-10-20(29(31,32)33)15-25(24)35-27(37)23(26(36)34-28(35)38)14-17-8-11-21(12-9-17)39-16-19-6-3-5-18-4-1-2-7-22(18)19/h1-15H,16H2,(H,34,36,38)/b23-14-. The van der Waals surface area contributed by atoms with Crippen molar-refractivity contribution in [2.75, 3.05) is 4.90 Å². The molecule has 1 fully saturated rings. The van der Waals surface area contributed by atoms with Crippen molar-refractivity contribution in [3.63, 3.8) is 0 Å². The summed E-state index contributed by atoms with van der Waals surface area (Å²) in [5.41, 5.74) is -0.627. The Hall–Kier alpha value is -4.63. The van der Waals surface area contributed by atoms with Crippen LogP contribution in [0, 0.1) is 0 Å². The van der Waals surface area contributed by atoms with E-state index >= 15 is 0 Å². The normalized spacial score (nSPS) is 15.1. The molecule has 0 bridgehead atoms. The van der Waals surface area contributed by atoms with Gasteiger partial charge in [-0.15, -0.1) is 0 Å². The summed E-state index contributed by atoms with van der Waals surface area (Å²) in [6, 6.07) is 21.4. The van der Waals surface area contributed by atoms with Gasteiger partial charge in [-0.1, -0.05) is 66.2 Å². The highest BCUT2D eigenvalue weighted by atomic mass is 35.5. The van der Waals surface area contributed by atoms with Crippen molar-refractivity contribution in [2.24, 2.45) is 0 Å². The summed E-state index contributed by atoms with van der Waals surface area (Å²) in [5.74, 6) is -1.56. The fourth-order valence-corrected chi connectivity index (χ4v) is 4.35. The Kier molecular flexibility index (Phi) is 6.84.